The van der Waals surface area contributed by atoms with Crippen molar-refractivity contribution < 1.29 is 9.53 Å². The van der Waals surface area contributed by atoms with Crippen LogP contribution in [0.15, 0.2) is 60.7 Å². The Morgan fingerprint density at radius 2 is 1.48 bits per heavy atom. The van der Waals surface area contributed by atoms with Crippen molar-refractivity contribution >= 4 is 11.7 Å². The van der Waals surface area contributed by atoms with Gasteiger partial charge in [-0.1, -0.05) is 36.4 Å². The van der Waals surface area contributed by atoms with E-state index in [2.05, 4.69) is 15.1 Å². The topological polar surface area (TPSA) is 58.6 Å². The first-order valence-corrected chi connectivity index (χ1v) is 9.90. The van der Waals surface area contributed by atoms with Crippen LogP contribution in [0.4, 0.5) is 5.82 Å². The van der Waals surface area contributed by atoms with Gasteiger partial charge in [0, 0.05) is 37.3 Å². The van der Waals surface area contributed by atoms with Crippen LogP contribution in [0.1, 0.15) is 22.7 Å². The van der Waals surface area contributed by atoms with Gasteiger partial charge in [-0.3, -0.25) is 4.79 Å². The van der Waals surface area contributed by atoms with E-state index in [4.69, 9.17) is 4.74 Å². The number of ether oxygens (including phenoxy) is 1. The number of amides is 1. The Labute approximate surface area is 169 Å². The normalized spacial score (nSPS) is 16.0. The Hall–Kier alpha value is -3.41. The van der Waals surface area contributed by atoms with Crippen molar-refractivity contribution in [3.63, 3.8) is 0 Å². The number of fused-ring (bicyclic) bond motifs is 2. The number of rotatable bonds is 2. The van der Waals surface area contributed by atoms with Crippen molar-refractivity contribution in [1.29, 1.82) is 0 Å². The van der Waals surface area contributed by atoms with Crippen LogP contribution >= 0.6 is 0 Å². The quantitative estimate of drug-likeness (QED) is 0.676. The van der Waals surface area contributed by atoms with Gasteiger partial charge in [0.05, 0.1) is 11.6 Å². The molecular formula is C23H22N4O2. The van der Waals surface area contributed by atoms with Crippen molar-refractivity contribution in [2.24, 2.45) is 0 Å². The van der Waals surface area contributed by atoms with Crippen LogP contribution in [0, 0.1) is 6.92 Å². The Morgan fingerprint density at radius 1 is 0.862 bits per heavy atom. The number of anilines is 1. The molecule has 1 amide bonds. The Morgan fingerprint density at radius 3 is 2.07 bits per heavy atom. The van der Waals surface area contributed by atoms with E-state index >= 15 is 0 Å². The molecule has 1 aromatic heterocycles. The molecule has 0 N–H and O–H groups in total. The van der Waals surface area contributed by atoms with Crippen LogP contribution in [0.25, 0.3) is 0 Å². The van der Waals surface area contributed by atoms with Crippen molar-refractivity contribution in [2.45, 2.75) is 12.8 Å². The second kappa shape index (κ2) is 7.20. The summed E-state index contributed by atoms with van der Waals surface area (Å²) in [6.07, 6.45) is 0. The lowest BCUT2D eigenvalue weighted by atomic mass is 9.86. The molecule has 0 radical (unpaired) electrons. The molecule has 3 heterocycles. The predicted octanol–water partition coefficient (Wildman–Crippen LogP) is 3.37. The molecule has 29 heavy (non-hydrogen) atoms. The first-order chi connectivity index (χ1) is 14.2. The van der Waals surface area contributed by atoms with Gasteiger partial charge in [0.1, 0.15) is 11.5 Å². The molecule has 3 aromatic rings. The first-order valence-electron chi connectivity index (χ1n) is 9.90. The van der Waals surface area contributed by atoms with E-state index in [9.17, 15) is 4.79 Å². The Kier molecular flexibility index (Phi) is 4.39. The standard InChI is InChI=1S/C23H22N4O2/c1-16-10-11-21(25-24-16)26-12-14-27(15-13-26)23(28)22-17-6-2-4-8-19(17)29-20-9-5-3-7-18(20)22/h2-11,22H,12-15H2,1H3. The van der Waals surface area contributed by atoms with Crippen molar-refractivity contribution in [3.05, 3.63) is 77.5 Å². The monoisotopic (exact) mass is 386 g/mol. The fourth-order valence-corrected chi connectivity index (χ4v) is 4.08. The van der Waals surface area contributed by atoms with E-state index in [0.29, 0.717) is 13.1 Å². The van der Waals surface area contributed by atoms with Gasteiger partial charge in [0.25, 0.3) is 0 Å². The van der Waals surface area contributed by atoms with Crippen LogP contribution in [-0.2, 0) is 4.79 Å². The highest BCUT2D eigenvalue weighted by molar-refractivity contribution is 5.90. The third-order valence-electron chi connectivity index (χ3n) is 5.63. The van der Waals surface area contributed by atoms with E-state index in [1.165, 1.54) is 0 Å². The number of carbonyl (C=O) groups excluding carboxylic acids is 1. The largest absolute Gasteiger partial charge is 0.457 e. The number of nitrogens with zero attached hydrogens (tertiary/aromatic N) is 4. The molecule has 0 atom stereocenters. The molecule has 1 fully saturated rings. The summed E-state index contributed by atoms with van der Waals surface area (Å²) >= 11 is 0. The van der Waals surface area contributed by atoms with E-state index in [1.54, 1.807) is 0 Å². The molecule has 0 saturated carbocycles. The molecule has 146 valence electrons. The summed E-state index contributed by atoms with van der Waals surface area (Å²) in [5, 5.41) is 8.42. The van der Waals surface area contributed by atoms with E-state index < -0.39 is 0 Å². The lowest BCUT2D eigenvalue weighted by Gasteiger charge is -2.38. The van der Waals surface area contributed by atoms with Crippen LogP contribution in [0.5, 0.6) is 11.5 Å². The Balaban J connectivity index is 1.38. The number of carbonyl (C=O) groups is 1. The van der Waals surface area contributed by atoms with Gasteiger partial charge in [0.2, 0.25) is 5.91 Å². The molecule has 5 rings (SSSR count). The smallest absolute Gasteiger partial charge is 0.234 e. The number of para-hydroxylation sites is 2. The first kappa shape index (κ1) is 17.7. The highest BCUT2D eigenvalue weighted by Crippen LogP contribution is 2.44. The zero-order chi connectivity index (χ0) is 19.8. The van der Waals surface area contributed by atoms with E-state index in [-0.39, 0.29) is 11.8 Å². The summed E-state index contributed by atoms with van der Waals surface area (Å²) < 4.78 is 6.04. The molecule has 2 aromatic carbocycles. The number of piperazine rings is 1. The number of aryl methyl sites for hydroxylation is 1. The van der Waals surface area contributed by atoms with Crippen molar-refractivity contribution in [1.82, 2.24) is 15.1 Å². The molecule has 0 bridgehead atoms. The minimum Gasteiger partial charge on any atom is -0.457 e. The summed E-state index contributed by atoms with van der Waals surface area (Å²) in [6, 6.07) is 19.6. The van der Waals surface area contributed by atoms with Crippen LogP contribution in [-0.4, -0.2) is 47.2 Å². The summed E-state index contributed by atoms with van der Waals surface area (Å²) in [4.78, 5) is 17.7. The summed E-state index contributed by atoms with van der Waals surface area (Å²) in [5.74, 6) is 2.19. The molecular weight excluding hydrogens is 364 g/mol. The second-order valence-corrected chi connectivity index (χ2v) is 7.46. The van der Waals surface area contributed by atoms with Crippen LogP contribution in [0.3, 0.4) is 0 Å². The minimum atomic E-state index is -0.332. The number of benzene rings is 2. The van der Waals surface area contributed by atoms with Gasteiger partial charge in [0.15, 0.2) is 5.82 Å². The van der Waals surface area contributed by atoms with Crippen molar-refractivity contribution in [3.8, 4) is 11.5 Å². The van der Waals surface area contributed by atoms with Crippen molar-refractivity contribution in [2.75, 3.05) is 31.1 Å². The zero-order valence-electron chi connectivity index (χ0n) is 16.3. The second-order valence-electron chi connectivity index (χ2n) is 7.46. The molecule has 2 aliphatic heterocycles. The lowest BCUT2D eigenvalue weighted by molar-refractivity contribution is -0.132. The molecule has 0 aliphatic carbocycles. The minimum absolute atomic E-state index is 0.128. The predicted molar refractivity (Wildman–Crippen MR) is 110 cm³/mol. The fourth-order valence-electron chi connectivity index (χ4n) is 4.08. The Bertz CT molecular complexity index is 997. The van der Waals surface area contributed by atoms with Gasteiger partial charge in [-0.15, -0.1) is 5.10 Å². The zero-order valence-corrected chi connectivity index (χ0v) is 16.3. The van der Waals surface area contributed by atoms with Gasteiger partial charge < -0.3 is 14.5 Å². The number of hydrogen-bond donors (Lipinski definition) is 0. The van der Waals surface area contributed by atoms with Gasteiger partial charge in [-0.25, -0.2) is 0 Å². The average molecular weight is 386 g/mol. The maximum Gasteiger partial charge on any atom is 0.234 e. The van der Waals surface area contributed by atoms with Crippen LogP contribution in [0.2, 0.25) is 0 Å². The maximum absolute atomic E-state index is 13.6. The summed E-state index contributed by atoms with van der Waals surface area (Å²) in [5.41, 5.74) is 2.77. The SMILES string of the molecule is Cc1ccc(N2CCN(C(=O)C3c4ccccc4Oc4ccccc43)CC2)nn1. The highest BCUT2D eigenvalue weighted by atomic mass is 16.5. The third kappa shape index (κ3) is 3.20. The molecule has 6 heteroatoms. The molecule has 2 aliphatic rings. The molecule has 0 unspecified atom stereocenters. The summed E-state index contributed by atoms with van der Waals surface area (Å²) in [7, 11) is 0. The lowest BCUT2D eigenvalue weighted by Crippen LogP contribution is -2.50. The van der Waals surface area contributed by atoms with E-state index in [1.807, 2.05) is 72.5 Å². The molecule has 1 saturated heterocycles. The fraction of sp³-hybridized carbons (Fsp3) is 0.261. The van der Waals surface area contributed by atoms with Gasteiger partial charge in [-0.2, -0.15) is 5.10 Å². The van der Waals surface area contributed by atoms with Crippen LogP contribution < -0.4 is 9.64 Å². The highest BCUT2D eigenvalue weighted by Gasteiger charge is 2.36. The maximum atomic E-state index is 13.6. The van der Waals surface area contributed by atoms with Gasteiger partial charge in [-0.05, 0) is 31.2 Å². The van der Waals surface area contributed by atoms with E-state index in [0.717, 1.165) is 47.2 Å². The third-order valence-corrected chi connectivity index (χ3v) is 5.63. The number of aromatic nitrogens is 2. The molecule has 0 spiro atoms. The average Bonchev–Trinajstić information content (AvgIpc) is 2.77. The number of hydrogen-bond acceptors (Lipinski definition) is 5. The van der Waals surface area contributed by atoms with Gasteiger partial charge >= 0.3 is 0 Å². The summed E-state index contributed by atoms with van der Waals surface area (Å²) in [6.45, 7) is 4.75. The molecule has 6 nitrogen and oxygen atoms in total.